The third kappa shape index (κ3) is 5.11. The Kier molecular flexibility index (Phi) is 6.85. The minimum Gasteiger partial charge on any atom is -0.344 e. The number of anilines is 1. The van der Waals surface area contributed by atoms with Gasteiger partial charge in [0.1, 0.15) is 11.0 Å². The van der Waals surface area contributed by atoms with Gasteiger partial charge in [-0.25, -0.2) is 0 Å². The highest BCUT2D eigenvalue weighted by molar-refractivity contribution is 7.18. The highest BCUT2D eigenvalue weighted by atomic mass is 32.1. The molecule has 0 aliphatic heterocycles. The van der Waals surface area contributed by atoms with Gasteiger partial charge in [0.05, 0.1) is 0 Å². The SMILES string of the molecule is CCC(C)C(NC(=O)C(C)C)C(=O)Nc1nnc(-c2cccc(C)c2)s1. The lowest BCUT2D eigenvalue weighted by atomic mass is 9.97. The number of rotatable bonds is 7. The molecule has 0 saturated heterocycles. The Balaban J connectivity index is 2.12. The number of aryl methyl sites for hydroxylation is 1. The van der Waals surface area contributed by atoms with Gasteiger partial charge in [0.25, 0.3) is 0 Å². The van der Waals surface area contributed by atoms with Crippen LogP contribution >= 0.6 is 11.3 Å². The molecule has 0 bridgehead atoms. The van der Waals surface area contributed by atoms with E-state index in [0.717, 1.165) is 22.6 Å². The molecule has 2 N–H and O–H groups in total. The summed E-state index contributed by atoms with van der Waals surface area (Å²) in [6, 6.07) is 7.37. The number of hydrogen-bond donors (Lipinski definition) is 2. The third-order valence-electron chi connectivity index (χ3n) is 4.24. The summed E-state index contributed by atoms with van der Waals surface area (Å²) in [5.41, 5.74) is 2.10. The minimum atomic E-state index is -0.596. The summed E-state index contributed by atoms with van der Waals surface area (Å²) in [5.74, 6) is -0.561. The molecule has 2 aromatic rings. The van der Waals surface area contributed by atoms with Crippen LogP contribution in [0.2, 0.25) is 0 Å². The Morgan fingerprint density at radius 3 is 2.50 bits per heavy atom. The number of nitrogens with one attached hydrogen (secondary N) is 2. The molecule has 1 aromatic carbocycles. The van der Waals surface area contributed by atoms with Gasteiger partial charge in [-0.3, -0.25) is 14.9 Å². The largest absolute Gasteiger partial charge is 0.344 e. The molecule has 0 radical (unpaired) electrons. The average Bonchev–Trinajstić information content (AvgIpc) is 3.07. The quantitative estimate of drug-likeness (QED) is 0.775. The van der Waals surface area contributed by atoms with E-state index in [9.17, 15) is 9.59 Å². The second-order valence-corrected chi connectivity index (χ2v) is 7.78. The number of carbonyl (C=O) groups is 2. The average molecular weight is 375 g/mol. The maximum Gasteiger partial charge on any atom is 0.249 e. The zero-order valence-electron chi connectivity index (χ0n) is 15.9. The van der Waals surface area contributed by atoms with Crippen molar-refractivity contribution < 1.29 is 9.59 Å². The first-order chi connectivity index (χ1) is 12.3. The number of hydrogen-bond acceptors (Lipinski definition) is 5. The molecule has 2 rings (SSSR count). The molecule has 140 valence electrons. The molecule has 1 heterocycles. The fraction of sp³-hybridized carbons (Fsp3) is 0.474. The number of aromatic nitrogens is 2. The highest BCUT2D eigenvalue weighted by Gasteiger charge is 2.27. The van der Waals surface area contributed by atoms with Crippen LogP contribution < -0.4 is 10.6 Å². The summed E-state index contributed by atoms with van der Waals surface area (Å²) in [6.45, 7) is 9.57. The molecule has 26 heavy (non-hydrogen) atoms. The fourth-order valence-corrected chi connectivity index (χ4v) is 3.12. The van der Waals surface area contributed by atoms with Crippen molar-refractivity contribution in [1.29, 1.82) is 0 Å². The lowest BCUT2D eigenvalue weighted by Gasteiger charge is -2.23. The van der Waals surface area contributed by atoms with E-state index in [-0.39, 0.29) is 23.7 Å². The normalized spacial score (nSPS) is 13.3. The van der Waals surface area contributed by atoms with Crippen LogP contribution in [0, 0.1) is 18.8 Å². The number of benzene rings is 1. The fourth-order valence-electron chi connectivity index (χ4n) is 2.37. The molecule has 2 atom stereocenters. The Morgan fingerprint density at radius 2 is 1.88 bits per heavy atom. The molecule has 1 aromatic heterocycles. The number of carbonyl (C=O) groups excluding carboxylic acids is 2. The Labute approximate surface area is 158 Å². The zero-order valence-corrected chi connectivity index (χ0v) is 16.7. The summed E-state index contributed by atoms with van der Waals surface area (Å²) < 4.78 is 0. The van der Waals surface area contributed by atoms with Gasteiger partial charge in [0.15, 0.2) is 0 Å². The van der Waals surface area contributed by atoms with Crippen LogP contribution in [0.3, 0.4) is 0 Å². The van der Waals surface area contributed by atoms with E-state index >= 15 is 0 Å². The van der Waals surface area contributed by atoms with Gasteiger partial charge < -0.3 is 5.32 Å². The molecule has 2 amide bonds. The van der Waals surface area contributed by atoms with Gasteiger partial charge >= 0.3 is 0 Å². The minimum absolute atomic E-state index is 0.0156. The molecule has 7 heteroatoms. The first-order valence-corrected chi connectivity index (χ1v) is 9.65. The standard InChI is InChI=1S/C19H26N4O2S/c1-6-13(5)15(20-16(24)11(2)3)17(25)21-19-23-22-18(26-19)14-9-7-8-12(4)10-14/h7-11,13,15H,6H2,1-5H3,(H,20,24)(H,21,23,25). The Morgan fingerprint density at radius 1 is 1.15 bits per heavy atom. The van der Waals surface area contributed by atoms with Crippen molar-refractivity contribution in [3.8, 4) is 10.6 Å². The highest BCUT2D eigenvalue weighted by Crippen LogP contribution is 2.27. The maximum absolute atomic E-state index is 12.7. The smallest absolute Gasteiger partial charge is 0.249 e. The van der Waals surface area contributed by atoms with E-state index in [1.807, 2.05) is 45.0 Å². The van der Waals surface area contributed by atoms with E-state index in [0.29, 0.717) is 5.13 Å². The molecule has 0 aliphatic rings. The summed E-state index contributed by atoms with van der Waals surface area (Å²) >= 11 is 1.32. The van der Waals surface area contributed by atoms with Crippen molar-refractivity contribution in [3.63, 3.8) is 0 Å². The summed E-state index contributed by atoms with van der Waals surface area (Å²) in [4.78, 5) is 24.7. The van der Waals surface area contributed by atoms with Gasteiger partial charge in [0.2, 0.25) is 16.9 Å². The third-order valence-corrected chi connectivity index (χ3v) is 5.13. The topological polar surface area (TPSA) is 84.0 Å². The Bertz CT molecular complexity index is 772. The molecule has 0 saturated carbocycles. The molecule has 0 spiro atoms. The van der Waals surface area contributed by atoms with Gasteiger partial charge in [-0.2, -0.15) is 0 Å². The van der Waals surface area contributed by atoms with E-state index in [1.54, 1.807) is 13.8 Å². The van der Waals surface area contributed by atoms with E-state index in [4.69, 9.17) is 0 Å². The predicted molar refractivity (Wildman–Crippen MR) is 105 cm³/mol. The zero-order chi connectivity index (χ0) is 19.3. The van der Waals surface area contributed by atoms with Crippen LogP contribution in [0.5, 0.6) is 0 Å². The van der Waals surface area contributed by atoms with Gasteiger partial charge in [-0.05, 0) is 18.9 Å². The Hall–Kier alpha value is -2.28. The van der Waals surface area contributed by atoms with Crippen molar-refractivity contribution in [3.05, 3.63) is 29.8 Å². The number of nitrogens with zero attached hydrogens (tertiary/aromatic N) is 2. The molecule has 2 unspecified atom stereocenters. The second kappa shape index (κ2) is 8.89. The molecular formula is C19H26N4O2S. The van der Waals surface area contributed by atoms with Crippen molar-refractivity contribution in [1.82, 2.24) is 15.5 Å². The number of amides is 2. The van der Waals surface area contributed by atoms with Crippen LogP contribution in [-0.2, 0) is 9.59 Å². The van der Waals surface area contributed by atoms with Crippen molar-refractivity contribution >= 4 is 28.3 Å². The predicted octanol–water partition coefficient (Wildman–Crippen LogP) is 3.64. The van der Waals surface area contributed by atoms with Gasteiger partial charge in [-0.15, -0.1) is 10.2 Å². The van der Waals surface area contributed by atoms with Crippen molar-refractivity contribution in [2.75, 3.05) is 5.32 Å². The van der Waals surface area contributed by atoms with Gasteiger partial charge in [-0.1, -0.05) is 69.2 Å². The first kappa shape index (κ1) is 20.0. The van der Waals surface area contributed by atoms with Gasteiger partial charge in [0, 0.05) is 11.5 Å². The second-order valence-electron chi connectivity index (χ2n) is 6.80. The van der Waals surface area contributed by atoms with Crippen LogP contribution in [0.4, 0.5) is 5.13 Å². The summed E-state index contributed by atoms with van der Waals surface area (Å²) in [7, 11) is 0. The summed E-state index contributed by atoms with van der Waals surface area (Å²) in [6.07, 6.45) is 0.779. The van der Waals surface area contributed by atoms with Crippen LogP contribution in [-0.4, -0.2) is 28.1 Å². The monoisotopic (exact) mass is 374 g/mol. The molecule has 6 nitrogen and oxygen atoms in total. The van der Waals surface area contributed by atoms with E-state index < -0.39 is 6.04 Å². The van der Waals surface area contributed by atoms with Crippen LogP contribution in [0.1, 0.15) is 39.7 Å². The lowest BCUT2D eigenvalue weighted by molar-refractivity contribution is -0.129. The molecular weight excluding hydrogens is 348 g/mol. The maximum atomic E-state index is 12.7. The van der Waals surface area contributed by atoms with Crippen LogP contribution in [0.15, 0.2) is 24.3 Å². The first-order valence-electron chi connectivity index (χ1n) is 8.83. The van der Waals surface area contributed by atoms with Crippen molar-refractivity contribution in [2.24, 2.45) is 11.8 Å². The van der Waals surface area contributed by atoms with E-state index in [2.05, 4.69) is 20.8 Å². The lowest BCUT2D eigenvalue weighted by Crippen LogP contribution is -2.48. The van der Waals surface area contributed by atoms with Crippen molar-refractivity contribution in [2.45, 2.75) is 47.1 Å². The van der Waals surface area contributed by atoms with E-state index in [1.165, 1.54) is 11.3 Å². The molecule has 0 fully saturated rings. The molecule has 0 aliphatic carbocycles. The summed E-state index contributed by atoms with van der Waals surface area (Å²) in [5, 5.41) is 15.0. The van der Waals surface area contributed by atoms with Crippen LogP contribution in [0.25, 0.3) is 10.6 Å².